The molecule has 3 nitrogen and oxygen atoms in total. The molecule has 0 unspecified atom stereocenters. The molecule has 18 heavy (non-hydrogen) atoms. The van der Waals surface area contributed by atoms with Crippen LogP contribution in [0.15, 0.2) is 21.2 Å². The minimum absolute atomic E-state index is 0.570. The summed E-state index contributed by atoms with van der Waals surface area (Å²) in [5, 5.41) is 13.8. The maximum Gasteiger partial charge on any atom is 0.140 e. The molecule has 0 aromatic carbocycles. The number of anilines is 1. The van der Waals surface area contributed by atoms with Crippen LogP contribution < -0.4 is 5.32 Å². The van der Waals surface area contributed by atoms with Gasteiger partial charge in [-0.3, -0.25) is 0 Å². The van der Waals surface area contributed by atoms with Gasteiger partial charge in [0.2, 0.25) is 0 Å². The number of aliphatic hydroxyl groups is 1. The van der Waals surface area contributed by atoms with Gasteiger partial charge in [-0.25, -0.2) is 4.98 Å². The van der Waals surface area contributed by atoms with Crippen LogP contribution in [0.4, 0.5) is 5.82 Å². The largest absolute Gasteiger partial charge is 0.388 e. The summed E-state index contributed by atoms with van der Waals surface area (Å²) >= 11 is 6.84. The third-order valence-corrected chi connectivity index (χ3v) is 4.47. The van der Waals surface area contributed by atoms with Gasteiger partial charge in [0, 0.05) is 17.2 Å². The molecule has 1 saturated carbocycles. The van der Waals surface area contributed by atoms with Crippen LogP contribution in [0.1, 0.15) is 38.5 Å². The Bertz CT molecular complexity index is 404. The molecule has 0 spiro atoms. The predicted molar refractivity (Wildman–Crippen MR) is 80.8 cm³/mol. The lowest BCUT2D eigenvalue weighted by molar-refractivity contribution is 0.0380. The molecule has 0 atom stereocenters. The Morgan fingerprint density at radius 2 is 1.89 bits per heavy atom. The second-order valence-corrected chi connectivity index (χ2v) is 6.75. The maximum atomic E-state index is 10.5. The molecule has 0 bridgehead atoms. The fourth-order valence-corrected chi connectivity index (χ4v) is 3.48. The van der Waals surface area contributed by atoms with Gasteiger partial charge in [-0.15, -0.1) is 0 Å². The molecule has 1 aliphatic carbocycles. The van der Waals surface area contributed by atoms with Crippen LogP contribution in [0, 0.1) is 0 Å². The molecular formula is C13H18Br2N2O. The van der Waals surface area contributed by atoms with E-state index < -0.39 is 5.60 Å². The first-order chi connectivity index (χ1) is 8.59. The van der Waals surface area contributed by atoms with Gasteiger partial charge < -0.3 is 10.4 Å². The highest BCUT2D eigenvalue weighted by Crippen LogP contribution is 2.29. The minimum atomic E-state index is -0.579. The SMILES string of the molecule is OC1(CNc2ncc(Br)cc2Br)CCCCCC1. The van der Waals surface area contributed by atoms with Crippen LogP contribution in [0.5, 0.6) is 0 Å². The highest BCUT2D eigenvalue weighted by molar-refractivity contribution is 9.11. The average molecular weight is 378 g/mol. The molecule has 100 valence electrons. The Labute approximate surface area is 125 Å². The second-order valence-electron chi connectivity index (χ2n) is 4.98. The van der Waals surface area contributed by atoms with Crippen molar-refractivity contribution in [2.45, 2.75) is 44.1 Å². The zero-order valence-electron chi connectivity index (χ0n) is 10.3. The fraction of sp³-hybridized carbons (Fsp3) is 0.615. The van der Waals surface area contributed by atoms with Crippen LogP contribution >= 0.6 is 31.9 Å². The summed E-state index contributed by atoms with van der Waals surface area (Å²) in [4.78, 5) is 4.30. The van der Waals surface area contributed by atoms with Crippen molar-refractivity contribution in [3.05, 3.63) is 21.2 Å². The molecule has 5 heteroatoms. The van der Waals surface area contributed by atoms with Crippen molar-refractivity contribution in [3.8, 4) is 0 Å². The van der Waals surface area contributed by atoms with E-state index in [-0.39, 0.29) is 0 Å². The molecule has 1 aromatic heterocycles. The van der Waals surface area contributed by atoms with E-state index in [0.717, 1.165) is 40.4 Å². The zero-order chi connectivity index (χ0) is 13.0. The monoisotopic (exact) mass is 376 g/mol. The number of nitrogens with zero attached hydrogens (tertiary/aromatic N) is 1. The van der Waals surface area contributed by atoms with Crippen molar-refractivity contribution >= 4 is 37.7 Å². The van der Waals surface area contributed by atoms with Gasteiger partial charge in [-0.2, -0.15) is 0 Å². The van der Waals surface area contributed by atoms with Crippen molar-refractivity contribution in [1.82, 2.24) is 4.98 Å². The number of pyridine rings is 1. The van der Waals surface area contributed by atoms with Crippen LogP contribution in [0.3, 0.4) is 0 Å². The smallest absolute Gasteiger partial charge is 0.140 e. The maximum absolute atomic E-state index is 10.5. The van der Waals surface area contributed by atoms with E-state index in [1.54, 1.807) is 6.20 Å². The first-order valence-electron chi connectivity index (χ1n) is 6.36. The lowest BCUT2D eigenvalue weighted by Crippen LogP contribution is -2.36. The Kier molecular flexibility index (Phi) is 5.04. The lowest BCUT2D eigenvalue weighted by atomic mass is 9.94. The van der Waals surface area contributed by atoms with Gasteiger partial charge in [0.15, 0.2) is 0 Å². The molecular weight excluding hydrogens is 360 g/mol. The summed E-state index contributed by atoms with van der Waals surface area (Å²) in [6, 6.07) is 1.95. The highest BCUT2D eigenvalue weighted by Gasteiger charge is 2.27. The molecule has 1 heterocycles. The third-order valence-electron chi connectivity index (χ3n) is 3.43. The highest BCUT2D eigenvalue weighted by atomic mass is 79.9. The van der Waals surface area contributed by atoms with Gasteiger partial charge in [0.25, 0.3) is 0 Å². The quantitative estimate of drug-likeness (QED) is 0.779. The molecule has 1 aliphatic rings. The summed E-state index contributed by atoms with van der Waals surface area (Å²) in [5.74, 6) is 0.788. The minimum Gasteiger partial charge on any atom is -0.388 e. The Morgan fingerprint density at radius 1 is 1.22 bits per heavy atom. The van der Waals surface area contributed by atoms with Gasteiger partial charge in [-0.05, 0) is 50.8 Å². The average Bonchev–Trinajstić information content (AvgIpc) is 2.54. The predicted octanol–water partition coefficient (Wildman–Crippen LogP) is 4.10. The number of hydrogen-bond acceptors (Lipinski definition) is 3. The third kappa shape index (κ3) is 3.93. The standard InChI is InChI=1S/C13H18Br2N2O/c14-10-7-11(15)12(16-8-10)17-9-13(18)5-3-1-2-4-6-13/h7-8,18H,1-6,9H2,(H,16,17). The van der Waals surface area contributed by atoms with Gasteiger partial charge in [0.05, 0.1) is 10.1 Å². The van der Waals surface area contributed by atoms with E-state index in [1.807, 2.05) is 6.07 Å². The number of aromatic nitrogens is 1. The van der Waals surface area contributed by atoms with Crippen molar-refractivity contribution in [2.75, 3.05) is 11.9 Å². The molecule has 1 aromatic rings. The first-order valence-corrected chi connectivity index (χ1v) is 7.95. The number of hydrogen-bond donors (Lipinski definition) is 2. The number of halogens is 2. The Morgan fingerprint density at radius 3 is 2.50 bits per heavy atom. The summed E-state index contributed by atoms with van der Waals surface area (Å²) in [6.45, 7) is 0.570. The van der Waals surface area contributed by atoms with Crippen molar-refractivity contribution in [1.29, 1.82) is 0 Å². The summed E-state index contributed by atoms with van der Waals surface area (Å²) in [5.41, 5.74) is -0.579. The van der Waals surface area contributed by atoms with E-state index in [0.29, 0.717) is 6.54 Å². The van der Waals surface area contributed by atoms with Crippen molar-refractivity contribution in [2.24, 2.45) is 0 Å². The van der Waals surface area contributed by atoms with Gasteiger partial charge >= 0.3 is 0 Å². The summed E-state index contributed by atoms with van der Waals surface area (Å²) in [7, 11) is 0. The summed E-state index contributed by atoms with van der Waals surface area (Å²) < 4.78 is 1.85. The summed E-state index contributed by atoms with van der Waals surface area (Å²) in [6.07, 6.45) is 8.23. The normalized spacial score (nSPS) is 19.3. The van der Waals surface area contributed by atoms with Crippen LogP contribution in [-0.4, -0.2) is 22.2 Å². The van der Waals surface area contributed by atoms with Crippen LogP contribution in [0.2, 0.25) is 0 Å². The van der Waals surface area contributed by atoms with E-state index in [4.69, 9.17) is 0 Å². The van der Waals surface area contributed by atoms with Crippen molar-refractivity contribution < 1.29 is 5.11 Å². The number of nitrogens with one attached hydrogen (secondary N) is 1. The van der Waals surface area contributed by atoms with Gasteiger partial charge in [-0.1, -0.05) is 25.7 Å². The van der Waals surface area contributed by atoms with E-state index in [1.165, 1.54) is 12.8 Å². The van der Waals surface area contributed by atoms with E-state index in [2.05, 4.69) is 42.2 Å². The van der Waals surface area contributed by atoms with Crippen LogP contribution in [0.25, 0.3) is 0 Å². The Hall–Kier alpha value is -0.130. The van der Waals surface area contributed by atoms with Gasteiger partial charge in [0.1, 0.15) is 5.82 Å². The molecule has 0 aliphatic heterocycles. The number of rotatable bonds is 3. The van der Waals surface area contributed by atoms with Crippen molar-refractivity contribution in [3.63, 3.8) is 0 Å². The first kappa shape index (κ1) is 14.3. The topological polar surface area (TPSA) is 45.1 Å². The Balaban J connectivity index is 1.97. The molecule has 2 rings (SSSR count). The van der Waals surface area contributed by atoms with Crippen LogP contribution in [-0.2, 0) is 0 Å². The molecule has 2 N–H and O–H groups in total. The van der Waals surface area contributed by atoms with E-state index in [9.17, 15) is 5.11 Å². The molecule has 0 saturated heterocycles. The zero-order valence-corrected chi connectivity index (χ0v) is 13.4. The second kappa shape index (κ2) is 6.35. The van der Waals surface area contributed by atoms with E-state index >= 15 is 0 Å². The molecule has 1 fully saturated rings. The molecule has 0 radical (unpaired) electrons. The molecule has 0 amide bonds. The lowest BCUT2D eigenvalue weighted by Gasteiger charge is -2.27. The fourth-order valence-electron chi connectivity index (χ4n) is 2.36.